The Bertz CT molecular complexity index is 514. The van der Waals surface area contributed by atoms with Crippen LogP contribution in [-0.2, 0) is 17.8 Å². The van der Waals surface area contributed by atoms with Crippen LogP contribution in [0.3, 0.4) is 0 Å². The summed E-state index contributed by atoms with van der Waals surface area (Å²) < 4.78 is 0. The summed E-state index contributed by atoms with van der Waals surface area (Å²) in [6, 6.07) is 5.29. The van der Waals surface area contributed by atoms with Crippen LogP contribution in [0.2, 0.25) is 0 Å². The summed E-state index contributed by atoms with van der Waals surface area (Å²) >= 11 is 0. The van der Waals surface area contributed by atoms with Gasteiger partial charge in [-0.25, -0.2) is 4.79 Å². The van der Waals surface area contributed by atoms with Crippen molar-refractivity contribution in [3.8, 4) is 0 Å². The molecule has 0 atom stereocenters. The number of nitrogens with one attached hydrogen (secondary N) is 1. The number of hydrogen-bond donors (Lipinski definition) is 2. The van der Waals surface area contributed by atoms with Gasteiger partial charge in [0, 0.05) is 19.5 Å². The van der Waals surface area contributed by atoms with Gasteiger partial charge in [0.25, 0.3) is 0 Å². The van der Waals surface area contributed by atoms with Gasteiger partial charge in [0.2, 0.25) is 5.91 Å². The number of fused-ring (bicyclic) bond motifs is 1. The SMILES string of the molecule is CNCCCC(=O)N1CCc2c(cccc2C(=O)O)C1. The predicted molar refractivity (Wildman–Crippen MR) is 75.7 cm³/mol. The van der Waals surface area contributed by atoms with Crippen molar-refractivity contribution in [2.75, 3.05) is 20.1 Å². The van der Waals surface area contributed by atoms with Crippen LogP contribution in [0.25, 0.3) is 0 Å². The van der Waals surface area contributed by atoms with Crippen molar-refractivity contribution in [3.05, 3.63) is 34.9 Å². The maximum absolute atomic E-state index is 12.1. The number of carbonyl (C=O) groups is 2. The van der Waals surface area contributed by atoms with E-state index in [9.17, 15) is 14.7 Å². The van der Waals surface area contributed by atoms with Gasteiger partial charge in [0.1, 0.15) is 0 Å². The van der Waals surface area contributed by atoms with E-state index in [0.29, 0.717) is 31.5 Å². The molecule has 0 aromatic heterocycles. The largest absolute Gasteiger partial charge is 0.478 e. The molecule has 2 N–H and O–H groups in total. The Morgan fingerprint density at radius 2 is 2.20 bits per heavy atom. The molecular weight excluding hydrogens is 256 g/mol. The number of carboxylic acid groups (broad SMARTS) is 1. The van der Waals surface area contributed by atoms with E-state index in [-0.39, 0.29) is 5.91 Å². The molecule has 0 saturated carbocycles. The summed E-state index contributed by atoms with van der Waals surface area (Å²) in [5, 5.41) is 12.2. The Kier molecular flexibility index (Phi) is 4.74. The monoisotopic (exact) mass is 276 g/mol. The van der Waals surface area contributed by atoms with Crippen LogP contribution in [0, 0.1) is 0 Å². The fourth-order valence-electron chi connectivity index (χ4n) is 2.60. The number of amides is 1. The molecule has 1 aromatic carbocycles. The molecule has 1 heterocycles. The molecule has 0 bridgehead atoms. The average molecular weight is 276 g/mol. The van der Waals surface area contributed by atoms with Crippen LogP contribution >= 0.6 is 0 Å². The molecule has 1 aromatic rings. The van der Waals surface area contributed by atoms with Gasteiger partial charge >= 0.3 is 5.97 Å². The second-order valence-electron chi connectivity index (χ2n) is 5.02. The molecule has 0 unspecified atom stereocenters. The van der Waals surface area contributed by atoms with Crippen LogP contribution in [-0.4, -0.2) is 42.0 Å². The van der Waals surface area contributed by atoms with Crippen LogP contribution in [0.5, 0.6) is 0 Å². The Morgan fingerprint density at radius 1 is 1.40 bits per heavy atom. The number of aromatic carboxylic acids is 1. The third-order valence-electron chi connectivity index (χ3n) is 3.67. The molecular formula is C15H20N2O3. The zero-order chi connectivity index (χ0) is 14.5. The molecule has 2 rings (SSSR count). The van der Waals surface area contributed by atoms with Crippen molar-refractivity contribution < 1.29 is 14.7 Å². The van der Waals surface area contributed by atoms with Crippen LogP contribution in [0.1, 0.15) is 34.3 Å². The van der Waals surface area contributed by atoms with Gasteiger partial charge in [0.05, 0.1) is 5.56 Å². The molecule has 0 spiro atoms. The normalized spacial score (nSPS) is 13.9. The summed E-state index contributed by atoms with van der Waals surface area (Å²) in [7, 11) is 1.87. The van der Waals surface area contributed by atoms with Crippen molar-refractivity contribution in [1.82, 2.24) is 10.2 Å². The summed E-state index contributed by atoms with van der Waals surface area (Å²) in [5.41, 5.74) is 2.20. The van der Waals surface area contributed by atoms with Crippen molar-refractivity contribution in [2.45, 2.75) is 25.8 Å². The molecule has 20 heavy (non-hydrogen) atoms. The van der Waals surface area contributed by atoms with E-state index in [0.717, 1.165) is 24.1 Å². The fraction of sp³-hybridized carbons (Fsp3) is 0.467. The second-order valence-corrected chi connectivity index (χ2v) is 5.02. The molecule has 0 aliphatic carbocycles. The molecule has 1 aliphatic rings. The lowest BCUT2D eigenvalue weighted by molar-refractivity contribution is -0.132. The van der Waals surface area contributed by atoms with Crippen molar-refractivity contribution in [3.63, 3.8) is 0 Å². The maximum Gasteiger partial charge on any atom is 0.335 e. The zero-order valence-electron chi connectivity index (χ0n) is 11.7. The van der Waals surface area contributed by atoms with Gasteiger partial charge < -0.3 is 15.3 Å². The van der Waals surface area contributed by atoms with E-state index < -0.39 is 5.97 Å². The molecule has 1 aliphatic heterocycles. The first-order chi connectivity index (χ1) is 9.63. The Hall–Kier alpha value is -1.88. The predicted octanol–water partition coefficient (Wildman–Crippen LogP) is 1.27. The molecule has 0 radical (unpaired) electrons. The fourth-order valence-corrected chi connectivity index (χ4v) is 2.60. The van der Waals surface area contributed by atoms with Crippen molar-refractivity contribution >= 4 is 11.9 Å². The summed E-state index contributed by atoms with van der Waals surface area (Å²) in [5.74, 6) is -0.748. The molecule has 5 nitrogen and oxygen atoms in total. The van der Waals surface area contributed by atoms with Crippen LogP contribution < -0.4 is 5.32 Å². The third kappa shape index (κ3) is 3.17. The highest BCUT2D eigenvalue weighted by molar-refractivity contribution is 5.90. The van der Waals surface area contributed by atoms with E-state index in [4.69, 9.17) is 0 Å². The van der Waals surface area contributed by atoms with Crippen molar-refractivity contribution in [2.24, 2.45) is 0 Å². The molecule has 108 valence electrons. The Morgan fingerprint density at radius 3 is 2.90 bits per heavy atom. The lowest BCUT2D eigenvalue weighted by Gasteiger charge is -2.29. The minimum absolute atomic E-state index is 0.145. The summed E-state index contributed by atoms with van der Waals surface area (Å²) in [6.07, 6.45) is 1.98. The quantitative estimate of drug-likeness (QED) is 0.795. The lowest BCUT2D eigenvalue weighted by atomic mass is 9.94. The van der Waals surface area contributed by atoms with E-state index in [1.165, 1.54) is 0 Å². The van der Waals surface area contributed by atoms with E-state index in [1.54, 1.807) is 12.1 Å². The summed E-state index contributed by atoms with van der Waals surface area (Å²) in [6.45, 7) is 1.96. The molecule has 0 saturated heterocycles. The first-order valence-electron chi connectivity index (χ1n) is 6.90. The van der Waals surface area contributed by atoms with E-state index in [2.05, 4.69) is 5.32 Å². The van der Waals surface area contributed by atoms with Crippen LogP contribution in [0.15, 0.2) is 18.2 Å². The van der Waals surface area contributed by atoms with Gasteiger partial charge in [-0.05, 0) is 43.6 Å². The number of carboxylic acids is 1. The number of nitrogens with zero attached hydrogens (tertiary/aromatic N) is 1. The molecule has 5 heteroatoms. The number of carbonyl (C=O) groups excluding carboxylic acids is 1. The number of hydrogen-bond acceptors (Lipinski definition) is 3. The highest BCUT2D eigenvalue weighted by Crippen LogP contribution is 2.23. The first kappa shape index (κ1) is 14.5. The minimum Gasteiger partial charge on any atom is -0.478 e. The first-order valence-corrected chi connectivity index (χ1v) is 6.90. The van der Waals surface area contributed by atoms with E-state index in [1.807, 2.05) is 18.0 Å². The number of rotatable bonds is 5. The van der Waals surface area contributed by atoms with Gasteiger partial charge in [-0.3, -0.25) is 4.79 Å². The second kappa shape index (κ2) is 6.52. The van der Waals surface area contributed by atoms with Crippen molar-refractivity contribution in [1.29, 1.82) is 0 Å². The zero-order valence-corrected chi connectivity index (χ0v) is 11.7. The molecule has 0 fully saturated rings. The maximum atomic E-state index is 12.1. The lowest BCUT2D eigenvalue weighted by Crippen LogP contribution is -2.36. The van der Waals surface area contributed by atoms with Gasteiger partial charge in [0.15, 0.2) is 0 Å². The Labute approximate surface area is 118 Å². The smallest absolute Gasteiger partial charge is 0.335 e. The van der Waals surface area contributed by atoms with Crippen LogP contribution in [0.4, 0.5) is 0 Å². The highest BCUT2D eigenvalue weighted by Gasteiger charge is 2.23. The molecule has 1 amide bonds. The summed E-state index contributed by atoms with van der Waals surface area (Å²) in [4.78, 5) is 25.1. The van der Waals surface area contributed by atoms with Gasteiger partial charge in [-0.15, -0.1) is 0 Å². The van der Waals surface area contributed by atoms with E-state index >= 15 is 0 Å². The Balaban J connectivity index is 2.06. The van der Waals surface area contributed by atoms with Gasteiger partial charge in [-0.1, -0.05) is 12.1 Å². The average Bonchev–Trinajstić information content (AvgIpc) is 2.46. The number of benzene rings is 1. The van der Waals surface area contributed by atoms with Gasteiger partial charge in [-0.2, -0.15) is 0 Å². The highest BCUT2D eigenvalue weighted by atomic mass is 16.4. The third-order valence-corrected chi connectivity index (χ3v) is 3.67. The topological polar surface area (TPSA) is 69.6 Å². The standard InChI is InChI=1S/C15H20N2O3/c1-16-8-3-6-14(18)17-9-7-12-11(10-17)4-2-5-13(12)15(19)20/h2,4-5,16H,3,6-10H2,1H3,(H,19,20). The minimum atomic E-state index is -0.893.